The molecule has 0 radical (unpaired) electrons. The largest absolute Gasteiger partial charge is 0.423 e. The number of hydrogen-bond donors (Lipinski definition) is 2. The molecule has 1 aromatic heterocycles. The van der Waals surface area contributed by atoms with Crippen molar-refractivity contribution in [2.75, 3.05) is 11.9 Å². The van der Waals surface area contributed by atoms with Crippen LogP contribution < -0.4 is 16.3 Å². The molecule has 6 heteroatoms. The number of aryl methyl sites for hydroxylation is 1. The lowest BCUT2D eigenvalue weighted by Gasteiger charge is -2.22. The van der Waals surface area contributed by atoms with Crippen molar-refractivity contribution in [1.82, 2.24) is 5.32 Å². The summed E-state index contributed by atoms with van der Waals surface area (Å²) in [4.78, 5) is 11.5. The number of thiocarbonyl (C=S) groups is 1. The molecule has 2 aromatic rings. The van der Waals surface area contributed by atoms with Crippen molar-refractivity contribution in [2.45, 2.75) is 38.8 Å². The van der Waals surface area contributed by atoms with Gasteiger partial charge in [0.1, 0.15) is 5.58 Å². The number of rotatable bonds is 3. The summed E-state index contributed by atoms with van der Waals surface area (Å²) in [5.41, 5.74) is 1.88. The van der Waals surface area contributed by atoms with Gasteiger partial charge in [-0.05, 0) is 56.6 Å². The SMILES string of the molecule is Cc1cc(=O)oc2cc(NC(=S)NC(C)C3CCCO3)ccc12. The van der Waals surface area contributed by atoms with Crippen molar-refractivity contribution in [2.24, 2.45) is 0 Å². The molecule has 2 heterocycles. The Morgan fingerprint density at radius 2 is 2.22 bits per heavy atom. The minimum absolute atomic E-state index is 0.151. The molecule has 2 unspecified atom stereocenters. The van der Waals surface area contributed by atoms with Gasteiger partial charge in [0, 0.05) is 29.8 Å². The molecular formula is C17H20N2O3S. The van der Waals surface area contributed by atoms with Gasteiger partial charge in [-0.25, -0.2) is 4.79 Å². The topological polar surface area (TPSA) is 63.5 Å². The van der Waals surface area contributed by atoms with Crippen LogP contribution in [0.1, 0.15) is 25.3 Å². The normalized spacial score (nSPS) is 18.8. The number of benzene rings is 1. The van der Waals surface area contributed by atoms with Crippen molar-refractivity contribution in [3.8, 4) is 0 Å². The number of ether oxygens (including phenoxy) is 1. The molecule has 5 nitrogen and oxygen atoms in total. The maximum absolute atomic E-state index is 11.5. The highest BCUT2D eigenvalue weighted by molar-refractivity contribution is 7.80. The van der Waals surface area contributed by atoms with E-state index >= 15 is 0 Å². The third kappa shape index (κ3) is 3.71. The first kappa shape index (κ1) is 16.0. The van der Waals surface area contributed by atoms with Crippen molar-refractivity contribution in [3.05, 3.63) is 40.2 Å². The van der Waals surface area contributed by atoms with E-state index < -0.39 is 0 Å². The van der Waals surface area contributed by atoms with E-state index in [9.17, 15) is 4.79 Å². The van der Waals surface area contributed by atoms with Crippen LogP contribution in [-0.4, -0.2) is 23.9 Å². The van der Waals surface area contributed by atoms with Crippen LogP contribution in [0, 0.1) is 6.92 Å². The fourth-order valence-corrected chi connectivity index (χ4v) is 3.17. The zero-order valence-corrected chi connectivity index (χ0v) is 14.0. The molecule has 0 bridgehead atoms. The Labute approximate surface area is 140 Å². The summed E-state index contributed by atoms with van der Waals surface area (Å²) >= 11 is 5.35. The average molecular weight is 332 g/mol. The standard InChI is InChI=1S/C17H20N2O3S/c1-10-8-16(20)22-15-9-12(5-6-13(10)15)19-17(23)18-11(2)14-4-3-7-21-14/h5-6,8-9,11,14H,3-4,7H2,1-2H3,(H2,18,19,23). The fourth-order valence-electron chi connectivity index (χ4n) is 2.87. The van der Waals surface area contributed by atoms with Gasteiger partial charge in [-0.2, -0.15) is 0 Å². The second-order valence-corrected chi connectivity index (χ2v) is 6.31. The lowest BCUT2D eigenvalue weighted by molar-refractivity contribution is 0.0895. The first-order valence-electron chi connectivity index (χ1n) is 7.76. The molecule has 2 N–H and O–H groups in total. The van der Waals surface area contributed by atoms with Crippen molar-refractivity contribution >= 4 is 34.0 Å². The van der Waals surface area contributed by atoms with Crippen LogP contribution in [0.3, 0.4) is 0 Å². The van der Waals surface area contributed by atoms with E-state index in [4.69, 9.17) is 21.4 Å². The van der Waals surface area contributed by atoms with Gasteiger partial charge in [-0.3, -0.25) is 0 Å². The predicted molar refractivity (Wildman–Crippen MR) is 95.0 cm³/mol. The van der Waals surface area contributed by atoms with Gasteiger partial charge in [-0.15, -0.1) is 0 Å². The zero-order chi connectivity index (χ0) is 16.4. The highest BCUT2D eigenvalue weighted by Gasteiger charge is 2.22. The average Bonchev–Trinajstić information content (AvgIpc) is 3.00. The second kappa shape index (κ2) is 6.68. The molecule has 23 heavy (non-hydrogen) atoms. The van der Waals surface area contributed by atoms with Gasteiger partial charge < -0.3 is 19.8 Å². The Kier molecular flexibility index (Phi) is 4.63. The molecule has 2 atom stereocenters. The van der Waals surface area contributed by atoms with Crippen LogP contribution in [0.15, 0.2) is 33.5 Å². The summed E-state index contributed by atoms with van der Waals surface area (Å²) in [5, 5.41) is 7.82. The number of nitrogens with one attached hydrogen (secondary N) is 2. The van der Waals surface area contributed by atoms with E-state index in [0.717, 1.165) is 36.1 Å². The Hall–Kier alpha value is -1.92. The van der Waals surface area contributed by atoms with E-state index in [1.165, 1.54) is 6.07 Å². The summed E-state index contributed by atoms with van der Waals surface area (Å²) in [6, 6.07) is 7.26. The highest BCUT2D eigenvalue weighted by atomic mass is 32.1. The molecule has 3 rings (SSSR count). The van der Waals surface area contributed by atoms with Gasteiger partial charge in [0.15, 0.2) is 5.11 Å². The van der Waals surface area contributed by atoms with Crippen molar-refractivity contribution in [1.29, 1.82) is 0 Å². The summed E-state index contributed by atoms with van der Waals surface area (Å²) in [7, 11) is 0. The number of anilines is 1. The molecule has 0 amide bonds. The number of hydrogen-bond acceptors (Lipinski definition) is 4. The minimum Gasteiger partial charge on any atom is -0.423 e. The van der Waals surface area contributed by atoms with Crippen molar-refractivity contribution < 1.29 is 9.15 Å². The third-order valence-corrected chi connectivity index (χ3v) is 4.31. The molecule has 0 spiro atoms. The lowest BCUT2D eigenvalue weighted by Crippen LogP contribution is -2.42. The van der Waals surface area contributed by atoms with Gasteiger partial charge in [-0.1, -0.05) is 0 Å². The molecule has 1 aliphatic rings. The van der Waals surface area contributed by atoms with Gasteiger partial charge in [0.2, 0.25) is 0 Å². The molecular weight excluding hydrogens is 312 g/mol. The predicted octanol–water partition coefficient (Wildman–Crippen LogP) is 2.96. The number of fused-ring (bicyclic) bond motifs is 1. The van der Waals surface area contributed by atoms with E-state index in [2.05, 4.69) is 17.6 Å². The summed E-state index contributed by atoms with van der Waals surface area (Å²) < 4.78 is 10.9. The Bertz CT molecular complexity index is 781. The molecule has 1 aliphatic heterocycles. The fraction of sp³-hybridized carbons (Fsp3) is 0.412. The maximum atomic E-state index is 11.5. The Morgan fingerprint density at radius 1 is 1.39 bits per heavy atom. The molecule has 1 fully saturated rings. The minimum atomic E-state index is -0.347. The summed E-state index contributed by atoms with van der Waals surface area (Å²) in [5.74, 6) is 0. The molecule has 0 saturated carbocycles. The maximum Gasteiger partial charge on any atom is 0.336 e. The van der Waals surface area contributed by atoms with Gasteiger partial charge >= 0.3 is 5.63 Å². The molecule has 122 valence electrons. The Morgan fingerprint density at radius 3 is 2.96 bits per heavy atom. The lowest BCUT2D eigenvalue weighted by atomic mass is 10.1. The monoisotopic (exact) mass is 332 g/mol. The zero-order valence-electron chi connectivity index (χ0n) is 13.2. The van der Waals surface area contributed by atoms with Crippen LogP contribution in [0.4, 0.5) is 5.69 Å². The third-order valence-electron chi connectivity index (χ3n) is 4.09. The smallest absolute Gasteiger partial charge is 0.336 e. The van der Waals surface area contributed by atoms with Crippen LogP contribution in [-0.2, 0) is 4.74 Å². The van der Waals surface area contributed by atoms with Gasteiger partial charge in [0.25, 0.3) is 0 Å². The van der Waals surface area contributed by atoms with Crippen LogP contribution in [0.5, 0.6) is 0 Å². The molecule has 0 aliphatic carbocycles. The van der Waals surface area contributed by atoms with E-state index in [-0.39, 0.29) is 17.8 Å². The quantitative estimate of drug-likeness (QED) is 0.665. The first-order valence-corrected chi connectivity index (χ1v) is 8.17. The first-order chi connectivity index (χ1) is 11.0. The highest BCUT2D eigenvalue weighted by Crippen LogP contribution is 2.21. The van der Waals surface area contributed by atoms with Crippen LogP contribution in [0.25, 0.3) is 11.0 Å². The molecule has 1 saturated heterocycles. The Balaban J connectivity index is 1.70. The van der Waals surface area contributed by atoms with Crippen LogP contribution >= 0.6 is 12.2 Å². The van der Waals surface area contributed by atoms with E-state index in [1.807, 2.05) is 19.1 Å². The van der Waals surface area contributed by atoms with Crippen molar-refractivity contribution in [3.63, 3.8) is 0 Å². The van der Waals surface area contributed by atoms with E-state index in [1.54, 1.807) is 6.07 Å². The summed E-state index contributed by atoms with van der Waals surface area (Å²) in [6.07, 6.45) is 2.35. The van der Waals surface area contributed by atoms with E-state index in [0.29, 0.717) is 10.7 Å². The summed E-state index contributed by atoms with van der Waals surface area (Å²) in [6.45, 7) is 4.77. The van der Waals surface area contributed by atoms with Crippen LogP contribution in [0.2, 0.25) is 0 Å². The second-order valence-electron chi connectivity index (χ2n) is 5.90. The van der Waals surface area contributed by atoms with Gasteiger partial charge in [0.05, 0.1) is 12.1 Å². The molecule has 1 aromatic carbocycles.